The zero-order valence-corrected chi connectivity index (χ0v) is 11.6. The molecule has 2 aromatic carbocycles. The van der Waals surface area contributed by atoms with Crippen molar-refractivity contribution in [3.63, 3.8) is 0 Å². The highest BCUT2D eigenvalue weighted by molar-refractivity contribution is 7.78. The number of isothiocyanates is 1. The van der Waals surface area contributed by atoms with Gasteiger partial charge in [-0.2, -0.15) is 15.2 Å². The number of nitrogens with zero attached hydrogens (tertiary/aromatic N) is 3. The van der Waals surface area contributed by atoms with Gasteiger partial charge in [0.05, 0.1) is 22.2 Å². The SMILES string of the molecule is Cc1cc(N=Nc2ccccc2C)ccc1N=C=S. The molecule has 94 valence electrons. The molecule has 0 fully saturated rings. The molecule has 0 bridgehead atoms. The molecule has 0 radical (unpaired) electrons. The fraction of sp³-hybridized carbons (Fsp3) is 0.133. The van der Waals surface area contributed by atoms with Crippen LogP contribution in [0.2, 0.25) is 0 Å². The van der Waals surface area contributed by atoms with Gasteiger partial charge in [-0.25, -0.2) is 0 Å². The van der Waals surface area contributed by atoms with Gasteiger partial charge in [0.1, 0.15) is 0 Å². The average Bonchev–Trinajstić information content (AvgIpc) is 2.41. The summed E-state index contributed by atoms with van der Waals surface area (Å²) in [7, 11) is 0. The molecule has 0 unspecified atom stereocenters. The van der Waals surface area contributed by atoms with Crippen LogP contribution < -0.4 is 0 Å². The van der Waals surface area contributed by atoms with E-state index in [1.165, 1.54) is 0 Å². The fourth-order valence-electron chi connectivity index (χ4n) is 1.66. The van der Waals surface area contributed by atoms with Crippen molar-refractivity contribution in [3.8, 4) is 0 Å². The fourth-order valence-corrected chi connectivity index (χ4v) is 1.76. The number of azo groups is 1. The third-order valence-corrected chi connectivity index (χ3v) is 2.83. The summed E-state index contributed by atoms with van der Waals surface area (Å²) in [5, 5.41) is 10.9. The van der Waals surface area contributed by atoms with E-state index in [1.807, 2.05) is 56.3 Å². The minimum Gasteiger partial charge on any atom is -0.194 e. The minimum atomic E-state index is 0.795. The first kappa shape index (κ1) is 13.3. The van der Waals surface area contributed by atoms with Gasteiger partial charge >= 0.3 is 0 Å². The number of hydrogen-bond donors (Lipinski definition) is 0. The Morgan fingerprint density at radius 2 is 1.68 bits per heavy atom. The van der Waals surface area contributed by atoms with E-state index in [0.717, 1.165) is 28.2 Å². The van der Waals surface area contributed by atoms with Gasteiger partial charge in [-0.1, -0.05) is 18.2 Å². The molecule has 0 heterocycles. The lowest BCUT2D eigenvalue weighted by atomic mass is 10.2. The molecule has 0 spiro atoms. The van der Waals surface area contributed by atoms with E-state index >= 15 is 0 Å². The van der Waals surface area contributed by atoms with E-state index in [0.29, 0.717) is 0 Å². The second kappa shape index (κ2) is 6.14. The second-order valence-corrected chi connectivity index (χ2v) is 4.34. The van der Waals surface area contributed by atoms with Crippen molar-refractivity contribution in [1.29, 1.82) is 0 Å². The van der Waals surface area contributed by atoms with E-state index < -0.39 is 0 Å². The molecule has 2 rings (SSSR count). The molecule has 0 saturated carbocycles. The molecular formula is C15H13N3S. The van der Waals surface area contributed by atoms with Crippen LogP contribution in [0.4, 0.5) is 17.1 Å². The molecule has 3 nitrogen and oxygen atoms in total. The Bertz CT molecular complexity index is 671. The van der Waals surface area contributed by atoms with Crippen LogP contribution in [0, 0.1) is 13.8 Å². The Hall–Kier alpha value is -2.16. The van der Waals surface area contributed by atoms with Crippen molar-refractivity contribution >= 4 is 34.4 Å². The first-order valence-electron chi connectivity index (χ1n) is 5.86. The van der Waals surface area contributed by atoms with Crippen molar-refractivity contribution in [2.75, 3.05) is 0 Å². The molecule has 2 aromatic rings. The molecule has 0 aromatic heterocycles. The summed E-state index contributed by atoms with van der Waals surface area (Å²) in [6.07, 6.45) is 0. The molecule has 19 heavy (non-hydrogen) atoms. The number of aliphatic imine (C=N–C) groups is 1. The monoisotopic (exact) mass is 267 g/mol. The van der Waals surface area contributed by atoms with Gasteiger partial charge in [0.25, 0.3) is 0 Å². The normalized spacial score (nSPS) is 10.4. The largest absolute Gasteiger partial charge is 0.194 e. The van der Waals surface area contributed by atoms with Crippen LogP contribution in [0.3, 0.4) is 0 Å². The van der Waals surface area contributed by atoms with Crippen LogP contribution in [0.15, 0.2) is 57.7 Å². The molecule has 0 amide bonds. The summed E-state index contributed by atoms with van der Waals surface area (Å²) in [6, 6.07) is 13.5. The quantitative estimate of drug-likeness (QED) is 0.413. The van der Waals surface area contributed by atoms with Gasteiger partial charge in [0.2, 0.25) is 0 Å². The number of hydrogen-bond acceptors (Lipinski definition) is 4. The number of benzene rings is 2. The Labute approximate surface area is 117 Å². The second-order valence-electron chi connectivity index (χ2n) is 4.16. The molecule has 0 aliphatic heterocycles. The topological polar surface area (TPSA) is 37.1 Å². The first-order valence-corrected chi connectivity index (χ1v) is 6.27. The number of thiocarbonyl (C=S) groups is 1. The predicted molar refractivity (Wildman–Crippen MR) is 81.2 cm³/mol. The van der Waals surface area contributed by atoms with Crippen LogP contribution in [0.5, 0.6) is 0 Å². The van der Waals surface area contributed by atoms with Gasteiger partial charge in [0, 0.05) is 0 Å². The standard InChI is InChI=1S/C15H13N3S/c1-11-5-3-4-6-15(11)18-17-13-7-8-14(16-10-19)12(2)9-13/h3-9H,1-2H3. The van der Waals surface area contributed by atoms with Gasteiger partial charge < -0.3 is 0 Å². The van der Waals surface area contributed by atoms with Gasteiger partial charge in [-0.15, -0.1) is 0 Å². The Balaban J connectivity index is 2.27. The number of aryl methyl sites for hydroxylation is 2. The van der Waals surface area contributed by atoms with E-state index in [4.69, 9.17) is 0 Å². The molecule has 0 atom stereocenters. The van der Waals surface area contributed by atoms with E-state index in [9.17, 15) is 0 Å². The summed E-state index contributed by atoms with van der Waals surface area (Å²) in [5.41, 5.74) is 4.58. The molecule has 4 heteroatoms. The zero-order chi connectivity index (χ0) is 13.7. The van der Waals surface area contributed by atoms with Crippen LogP contribution in [0.1, 0.15) is 11.1 Å². The van der Waals surface area contributed by atoms with Crippen LogP contribution in [0.25, 0.3) is 0 Å². The third-order valence-electron chi connectivity index (χ3n) is 2.74. The van der Waals surface area contributed by atoms with Crippen LogP contribution >= 0.6 is 12.2 Å². The van der Waals surface area contributed by atoms with Gasteiger partial charge in [-0.05, 0) is 61.5 Å². The Kier molecular flexibility index (Phi) is 4.29. The summed E-state index contributed by atoms with van der Waals surface area (Å²) in [6.45, 7) is 3.97. The third kappa shape index (κ3) is 3.41. The summed E-state index contributed by atoms with van der Waals surface area (Å²) < 4.78 is 0. The number of rotatable bonds is 3. The molecule has 0 saturated heterocycles. The van der Waals surface area contributed by atoms with Crippen LogP contribution in [-0.4, -0.2) is 5.16 Å². The van der Waals surface area contributed by atoms with Crippen molar-refractivity contribution < 1.29 is 0 Å². The van der Waals surface area contributed by atoms with E-state index in [2.05, 4.69) is 32.6 Å². The molecule has 0 aliphatic carbocycles. The molecule has 0 N–H and O–H groups in total. The first-order chi connectivity index (χ1) is 9.20. The average molecular weight is 267 g/mol. The summed E-state index contributed by atoms with van der Waals surface area (Å²) in [5.74, 6) is 0. The highest BCUT2D eigenvalue weighted by Crippen LogP contribution is 2.26. The minimum absolute atomic E-state index is 0.795. The maximum atomic E-state index is 4.60. The Morgan fingerprint density at radius 1 is 0.895 bits per heavy atom. The zero-order valence-electron chi connectivity index (χ0n) is 10.8. The van der Waals surface area contributed by atoms with Gasteiger partial charge in [-0.3, -0.25) is 0 Å². The predicted octanol–water partition coefficient (Wildman–Crippen LogP) is 5.45. The Morgan fingerprint density at radius 3 is 2.37 bits per heavy atom. The lowest BCUT2D eigenvalue weighted by Gasteiger charge is -2.00. The highest BCUT2D eigenvalue weighted by atomic mass is 32.1. The van der Waals surface area contributed by atoms with Crippen molar-refractivity contribution in [1.82, 2.24) is 0 Å². The lowest BCUT2D eigenvalue weighted by Crippen LogP contribution is -1.74. The van der Waals surface area contributed by atoms with E-state index in [-0.39, 0.29) is 0 Å². The van der Waals surface area contributed by atoms with E-state index in [1.54, 1.807) is 0 Å². The molecular weight excluding hydrogens is 254 g/mol. The maximum absolute atomic E-state index is 4.60. The van der Waals surface area contributed by atoms with Crippen molar-refractivity contribution in [2.45, 2.75) is 13.8 Å². The van der Waals surface area contributed by atoms with Crippen molar-refractivity contribution in [2.24, 2.45) is 15.2 Å². The summed E-state index contributed by atoms with van der Waals surface area (Å²) in [4.78, 5) is 3.97. The lowest BCUT2D eigenvalue weighted by molar-refractivity contribution is 1.20. The van der Waals surface area contributed by atoms with Gasteiger partial charge in [0.15, 0.2) is 0 Å². The van der Waals surface area contributed by atoms with Crippen molar-refractivity contribution in [3.05, 3.63) is 53.6 Å². The highest BCUT2D eigenvalue weighted by Gasteiger charge is 1.98. The molecule has 0 aliphatic rings. The smallest absolute Gasteiger partial charge is 0.0886 e. The summed E-state index contributed by atoms with van der Waals surface area (Å²) >= 11 is 4.60. The van der Waals surface area contributed by atoms with Crippen LogP contribution in [-0.2, 0) is 0 Å². The maximum Gasteiger partial charge on any atom is 0.0886 e.